The third-order valence-electron chi connectivity index (χ3n) is 4.45. The molecule has 0 aliphatic heterocycles. The molecule has 0 aliphatic rings. The van der Waals surface area contributed by atoms with E-state index in [1.54, 1.807) is 0 Å². The second kappa shape index (κ2) is 5.58. The summed E-state index contributed by atoms with van der Waals surface area (Å²) >= 11 is 0. The minimum Gasteiger partial charge on any atom is -0.455 e. The molecule has 3 aromatic carbocycles. The summed E-state index contributed by atoms with van der Waals surface area (Å²) in [6, 6.07) is 21.5. The van der Waals surface area contributed by atoms with Gasteiger partial charge in [0, 0.05) is 16.3 Å². The SMILES string of the molecule is CCCc1cc(C)ccc1-c1cc2ccc3ccccc3c2o1. The number of benzene rings is 3. The predicted molar refractivity (Wildman–Crippen MR) is 97.9 cm³/mol. The molecule has 0 saturated carbocycles. The van der Waals surface area contributed by atoms with Crippen LogP contribution in [0.1, 0.15) is 24.5 Å². The zero-order chi connectivity index (χ0) is 15.8. The number of furan rings is 1. The molecule has 1 heterocycles. The molecule has 114 valence electrons. The maximum absolute atomic E-state index is 6.29. The van der Waals surface area contributed by atoms with E-state index in [0.717, 1.165) is 24.2 Å². The lowest BCUT2D eigenvalue weighted by Crippen LogP contribution is -1.89. The first-order valence-electron chi connectivity index (χ1n) is 8.27. The van der Waals surface area contributed by atoms with Gasteiger partial charge in [-0.2, -0.15) is 0 Å². The molecule has 0 atom stereocenters. The fourth-order valence-corrected chi connectivity index (χ4v) is 3.34. The van der Waals surface area contributed by atoms with E-state index in [-0.39, 0.29) is 0 Å². The average Bonchev–Trinajstić information content (AvgIpc) is 2.99. The van der Waals surface area contributed by atoms with Crippen LogP contribution in [0.15, 0.2) is 65.1 Å². The molecule has 4 rings (SSSR count). The van der Waals surface area contributed by atoms with Gasteiger partial charge in [0.05, 0.1) is 0 Å². The Labute approximate surface area is 136 Å². The van der Waals surface area contributed by atoms with Gasteiger partial charge >= 0.3 is 0 Å². The van der Waals surface area contributed by atoms with Crippen LogP contribution < -0.4 is 0 Å². The average molecular weight is 300 g/mol. The molecule has 23 heavy (non-hydrogen) atoms. The fourth-order valence-electron chi connectivity index (χ4n) is 3.34. The number of hydrogen-bond acceptors (Lipinski definition) is 1. The molecule has 0 bridgehead atoms. The minimum atomic E-state index is 0.972. The lowest BCUT2D eigenvalue weighted by atomic mass is 9.99. The number of hydrogen-bond donors (Lipinski definition) is 0. The highest BCUT2D eigenvalue weighted by atomic mass is 16.3. The summed E-state index contributed by atoms with van der Waals surface area (Å²) in [7, 11) is 0. The van der Waals surface area contributed by atoms with Crippen LogP contribution in [0.3, 0.4) is 0 Å². The first kappa shape index (κ1) is 14.1. The normalized spacial score (nSPS) is 11.4. The summed E-state index contributed by atoms with van der Waals surface area (Å²) in [5.74, 6) is 0.972. The monoisotopic (exact) mass is 300 g/mol. The van der Waals surface area contributed by atoms with Crippen molar-refractivity contribution in [3.63, 3.8) is 0 Å². The Bertz CT molecular complexity index is 991. The zero-order valence-corrected chi connectivity index (χ0v) is 13.6. The largest absolute Gasteiger partial charge is 0.455 e. The first-order valence-corrected chi connectivity index (χ1v) is 8.27. The molecule has 0 spiro atoms. The zero-order valence-electron chi connectivity index (χ0n) is 13.6. The molecular weight excluding hydrogens is 280 g/mol. The summed E-state index contributed by atoms with van der Waals surface area (Å²) in [4.78, 5) is 0. The Morgan fingerprint density at radius 1 is 0.870 bits per heavy atom. The predicted octanol–water partition coefficient (Wildman–Crippen LogP) is 6.51. The minimum absolute atomic E-state index is 0.972. The molecule has 4 aromatic rings. The maximum atomic E-state index is 6.29. The Hall–Kier alpha value is -2.54. The molecule has 0 N–H and O–H groups in total. The highest BCUT2D eigenvalue weighted by Crippen LogP contribution is 2.34. The number of fused-ring (bicyclic) bond motifs is 3. The van der Waals surface area contributed by atoms with Gasteiger partial charge in [0.15, 0.2) is 0 Å². The first-order chi connectivity index (χ1) is 11.3. The number of rotatable bonds is 3. The van der Waals surface area contributed by atoms with Crippen molar-refractivity contribution in [1.29, 1.82) is 0 Å². The molecule has 0 amide bonds. The van der Waals surface area contributed by atoms with Crippen molar-refractivity contribution in [1.82, 2.24) is 0 Å². The van der Waals surface area contributed by atoms with Gasteiger partial charge in [-0.25, -0.2) is 0 Å². The summed E-state index contributed by atoms with van der Waals surface area (Å²) in [6.45, 7) is 4.37. The highest BCUT2D eigenvalue weighted by molar-refractivity contribution is 6.05. The van der Waals surface area contributed by atoms with Gasteiger partial charge in [-0.3, -0.25) is 0 Å². The second-order valence-electron chi connectivity index (χ2n) is 6.23. The lowest BCUT2D eigenvalue weighted by Gasteiger charge is -2.07. The van der Waals surface area contributed by atoms with E-state index in [2.05, 4.69) is 74.5 Å². The van der Waals surface area contributed by atoms with Gasteiger partial charge in [0.25, 0.3) is 0 Å². The van der Waals surface area contributed by atoms with E-state index in [0.29, 0.717) is 0 Å². The van der Waals surface area contributed by atoms with E-state index in [1.165, 1.54) is 32.8 Å². The van der Waals surface area contributed by atoms with Crippen LogP contribution in [-0.2, 0) is 6.42 Å². The van der Waals surface area contributed by atoms with Crippen LogP contribution in [0.4, 0.5) is 0 Å². The summed E-state index contributed by atoms with van der Waals surface area (Å²) in [5.41, 5.74) is 4.88. The van der Waals surface area contributed by atoms with Crippen molar-refractivity contribution in [2.75, 3.05) is 0 Å². The van der Waals surface area contributed by atoms with Crippen molar-refractivity contribution >= 4 is 21.7 Å². The maximum Gasteiger partial charge on any atom is 0.142 e. The number of aryl methyl sites for hydroxylation is 2. The molecule has 1 heteroatoms. The van der Waals surface area contributed by atoms with Gasteiger partial charge in [0.2, 0.25) is 0 Å². The molecule has 0 aliphatic carbocycles. The van der Waals surface area contributed by atoms with Gasteiger partial charge in [-0.05, 0) is 30.4 Å². The Morgan fingerprint density at radius 2 is 1.70 bits per heavy atom. The summed E-state index contributed by atoms with van der Waals surface area (Å²) in [6.07, 6.45) is 2.22. The second-order valence-corrected chi connectivity index (χ2v) is 6.23. The van der Waals surface area contributed by atoms with E-state index >= 15 is 0 Å². The Balaban J connectivity index is 1.95. The van der Waals surface area contributed by atoms with Gasteiger partial charge < -0.3 is 4.42 Å². The summed E-state index contributed by atoms with van der Waals surface area (Å²) in [5, 5.41) is 3.57. The standard InChI is InChI=1S/C22H20O/c1-3-6-17-13-15(2)9-12-19(17)21-14-18-11-10-16-7-4-5-8-20(16)22(18)23-21/h4-5,7-14H,3,6H2,1-2H3. The van der Waals surface area contributed by atoms with E-state index in [1.807, 2.05) is 0 Å². The van der Waals surface area contributed by atoms with E-state index < -0.39 is 0 Å². The van der Waals surface area contributed by atoms with Crippen molar-refractivity contribution in [3.8, 4) is 11.3 Å². The quantitative estimate of drug-likeness (QED) is 0.420. The third kappa shape index (κ3) is 2.43. The molecule has 0 unspecified atom stereocenters. The van der Waals surface area contributed by atoms with Crippen LogP contribution in [0.25, 0.3) is 33.1 Å². The van der Waals surface area contributed by atoms with Crippen LogP contribution in [0.2, 0.25) is 0 Å². The molecule has 1 nitrogen and oxygen atoms in total. The van der Waals surface area contributed by atoms with Gasteiger partial charge in [-0.15, -0.1) is 0 Å². The third-order valence-corrected chi connectivity index (χ3v) is 4.45. The van der Waals surface area contributed by atoms with E-state index in [4.69, 9.17) is 4.42 Å². The van der Waals surface area contributed by atoms with Gasteiger partial charge in [0.1, 0.15) is 11.3 Å². The highest BCUT2D eigenvalue weighted by Gasteiger charge is 2.12. The van der Waals surface area contributed by atoms with Crippen molar-refractivity contribution in [2.24, 2.45) is 0 Å². The van der Waals surface area contributed by atoms with Crippen LogP contribution in [-0.4, -0.2) is 0 Å². The lowest BCUT2D eigenvalue weighted by molar-refractivity contribution is 0.633. The topological polar surface area (TPSA) is 13.1 Å². The molecule has 0 fully saturated rings. The molecule has 1 aromatic heterocycles. The summed E-state index contributed by atoms with van der Waals surface area (Å²) < 4.78 is 6.29. The van der Waals surface area contributed by atoms with E-state index in [9.17, 15) is 0 Å². The van der Waals surface area contributed by atoms with Gasteiger partial charge in [-0.1, -0.05) is 73.5 Å². The van der Waals surface area contributed by atoms with Crippen molar-refractivity contribution < 1.29 is 4.42 Å². The molecule has 0 radical (unpaired) electrons. The smallest absolute Gasteiger partial charge is 0.142 e. The Morgan fingerprint density at radius 3 is 2.57 bits per heavy atom. The molecular formula is C22H20O. The van der Waals surface area contributed by atoms with Crippen LogP contribution in [0, 0.1) is 6.92 Å². The van der Waals surface area contributed by atoms with Crippen molar-refractivity contribution in [3.05, 3.63) is 71.8 Å². The molecule has 0 saturated heterocycles. The van der Waals surface area contributed by atoms with Crippen LogP contribution >= 0.6 is 0 Å². The van der Waals surface area contributed by atoms with Crippen LogP contribution in [0.5, 0.6) is 0 Å². The fraction of sp³-hybridized carbons (Fsp3) is 0.182. The Kier molecular flexibility index (Phi) is 3.42. The van der Waals surface area contributed by atoms with Crippen molar-refractivity contribution in [2.45, 2.75) is 26.7 Å².